The molecule has 0 radical (unpaired) electrons. The second-order valence-electron chi connectivity index (χ2n) is 4.96. The molecular weight excluding hydrogens is 252 g/mol. The van der Waals surface area contributed by atoms with Crippen molar-refractivity contribution in [1.29, 1.82) is 0 Å². The third kappa shape index (κ3) is 5.65. The molecule has 1 aliphatic rings. The van der Waals surface area contributed by atoms with E-state index in [1.165, 1.54) is 10.6 Å². The van der Waals surface area contributed by atoms with Crippen LogP contribution >= 0.6 is 0 Å². The molecule has 0 aromatic rings. The molecule has 1 N–H and O–H groups in total. The maximum atomic E-state index is 11.4. The van der Waals surface area contributed by atoms with Crippen molar-refractivity contribution >= 4 is 10.0 Å². The van der Waals surface area contributed by atoms with Gasteiger partial charge < -0.3 is 10.1 Å². The third-order valence-corrected chi connectivity index (χ3v) is 4.65. The van der Waals surface area contributed by atoms with Crippen LogP contribution < -0.4 is 5.32 Å². The fourth-order valence-electron chi connectivity index (χ4n) is 2.24. The van der Waals surface area contributed by atoms with Crippen LogP contribution in [0.4, 0.5) is 0 Å². The molecule has 0 spiro atoms. The average Bonchev–Trinajstić information content (AvgIpc) is 2.67. The number of rotatable bonds is 8. The molecule has 108 valence electrons. The predicted molar refractivity (Wildman–Crippen MR) is 73.1 cm³/mol. The zero-order valence-electron chi connectivity index (χ0n) is 11.7. The van der Waals surface area contributed by atoms with E-state index in [0.717, 1.165) is 32.4 Å². The van der Waals surface area contributed by atoms with Crippen molar-refractivity contribution in [3.8, 4) is 0 Å². The molecule has 2 atom stereocenters. The first-order valence-electron chi connectivity index (χ1n) is 6.74. The lowest BCUT2D eigenvalue weighted by Gasteiger charge is -2.18. The molecule has 1 saturated heterocycles. The maximum absolute atomic E-state index is 11.4. The number of hydrogen-bond acceptors (Lipinski definition) is 4. The Morgan fingerprint density at radius 3 is 2.61 bits per heavy atom. The molecule has 0 saturated carbocycles. The van der Waals surface area contributed by atoms with Gasteiger partial charge in [0, 0.05) is 19.6 Å². The molecule has 0 bridgehead atoms. The van der Waals surface area contributed by atoms with E-state index in [9.17, 15) is 8.42 Å². The highest BCUT2D eigenvalue weighted by atomic mass is 32.2. The van der Waals surface area contributed by atoms with Crippen LogP contribution in [-0.2, 0) is 14.8 Å². The Bertz CT molecular complexity index is 332. The first kappa shape index (κ1) is 15.9. The highest BCUT2D eigenvalue weighted by molar-refractivity contribution is 7.88. The summed E-state index contributed by atoms with van der Waals surface area (Å²) in [7, 11) is -3.04. The summed E-state index contributed by atoms with van der Waals surface area (Å²) in [6.45, 7) is 6.80. The Kier molecular flexibility index (Phi) is 6.55. The van der Waals surface area contributed by atoms with Crippen molar-refractivity contribution < 1.29 is 13.2 Å². The monoisotopic (exact) mass is 278 g/mol. The largest absolute Gasteiger partial charge is 0.374 e. The van der Waals surface area contributed by atoms with E-state index < -0.39 is 10.0 Å². The standard InChI is InChI=1S/C12H26N2O3S/c1-4-14(18(3,15)16)9-5-8-13-10-12-7-6-11(2)17-12/h11-13H,4-10H2,1-3H3. The molecule has 5 nitrogen and oxygen atoms in total. The van der Waals surface area contributed by atoms with Crippen LogP contribution in [0.1, 0.15) is 33.1 Å². The quantitative estimate of drug-likeness (QED) is 0.668. The normalized spacial score (nSPS) is 24.9. The molecular formula is C12H26N2O3S. The van der Waals surface area contributed by atoms with Crippen molar-refractivity contribution in [2.24, 2.45) is 0 Å². The molecule has 0 aliphatic carbocycles. The summed E-state index contributed by atoms with van der Waals surface area (Å²) in [6, 6.07) is 0. The Labute approximate surface area is 111 Å². The lowest BCUT2D eigenvalue weighted by molar-refractivity contribution is 0.0561. The van der Waals surface area contributed by atoms with Gasteiger partial charge in [-0.1, -0.05) is 6.92 Å². The summed E-state index contributed by atoms with van der Waals surface area (Å²) in [6.07, 6.45) is 5.08. The van der Waals surface area contributed by atoms with Gasteiger partial charge in [0.1, 0.15) is 0 Å². The second-order valence-corrected chi connectivity index (χ2v) is 6.94. The lowest BCUT2D eigenvalue weighted by Crippen LogP contribution is -2.33. The molecule has 2 unspecified atom stereocenters. The van der Waals surface area contributed by atoms with E-state index in [1.54, 1.807) is 0 Å². The van der Waals surface area contributed by atoms with Gasteiger partial charge in [0.25, 0.3) is 0 Å². The van der Waals surface area contributed by atoms with Crippen LogP contribution in [0, 0.1) is 0 Å². The molecule has 1 aliphatic heterocycles. The number of hydrogen-bond donors (Lipinski definition) is 1. The van der Waals surface area contributed by atoms with Gasteiger partial charge in [-0.15, -0.1) is 0 Å². The highest BCUT2D eigenvalue weighted by Crippen LogP contribution is 2.17. The number of nitrogens with one attached hydrogen (secondary N) is 1. The average molecular weight is 278 g/mol. The van der Waals surface area contributed by atoms with Gasteiger partial charge in [0.15, 0.2) is 0 Å². The van der Waals surface area contributed by atoms with Gasteiger partial charge in [-0.3, -0.25) is 0 Å². The van der Waals surface area contributed by atoms with Crippen LogP contribution in [0.25, 0.3) is 0 Å². The first-order chi connectivity index (χ1) is 8.43. The first-order valence-corrected chi connectivity index (χ1v) is 8.59. The van der Waals surface area contributed by atoms with Crippen LogP contribution in [0.15, 0.2) is 0 Å². The van der Waals surface area contributed by atoms with Crippen molar-refractivity contribution in [3.05, 3.63) is 0 Å². The third-order valence-electron chi connectivity index (χ3n) is 3.27. The summed E-state index contributed by atoms with van der Waals surface area (Å²) in [5.41, 5.74) is 0. The van der Waals surface area contributed by atoms with Crippen LogP contribution in [0.3, 0.4) is 0 Å². The van der Waals surface area contributed by atoms with E-state index >= 15 is 0 Å². The summed E-state index contributed by atoms with van der Waals surface area (Å²) < 4.78 is 29.9. The summed E-state index contributed by atoms with van der Waals surface area (Å²) >= 11 is 0. The van der Waals surface area contributed by atoms with Crippen molar-refractivity contribution in [2.45, 2.75) is 45.3 Å². The summed E-state index contributed by atoms with van der Waals surface area (Å²) in [5, 5.41) is 3.33. The highest BCUT2D eigenvalue weighted by Gasteiger charge is 2.21. The molecule has 0 amide bonds. The van der Waals surface area contributed by atoms with Gasteiger partial charge >= 0.3 is 0 Å². The minimum atomic E-state index is -3.04. The molecule has 18 heavy (non-hydrogen) atoms. The van der Waals surface area contributed by atoms with Crippen LogP contribution in [0.5, 0.6) is 0 Å². The molecule has 0 aromatic carbocycles. The zero-order valence-corrected chi connectivity index (χ0v) is 12.5. The molecule has 1 rings (SSSR count). The van der Waals surface area contributed by atoms with E-state index in [2.05, 4.69) is 12.2 Å². The van der Waals surface area contributed by atoms with Gasteiger partial charge in [0.05, 0.1) is 18.5 Å². The Morgan fingerprint density at radius 1 is 1.39 bits per heavy atom. The molecule has 1 heterocycles. The lowest BCUT2D eigenvalue weighted by atomic mass is 10.2. The maximum Gasteiger partial charge on any atom is 0.211 e. The minimum absolute atomic E-state index is 0.331. The van der Waals surface area contributed by atoms with Crippen molar-refractivity contribution in [1.82, 2.24) is 9.62 Å². The molecule has 0 aromatic heterocycles. The number of nitrogens with zero attached hydrogens (tertiary/aromatic N) is 1. The van der Waals surface area contributed by atoms with Gasteiger partial charge in [-0.2, -0.15) is 0 Å². The van der Waals surface area contributed by atoms with Crippen molar-refractivity contribution in [2.75, 3.05) is 32.4 Å². The molecule has 6 heteroatoms. The van der Waals surface area contributed by atoms with Gasteiger partial charge in [-0.05, 0) is 32.7 Å². The predicted octanol–water partition coefficient (Wildman–Crippen LogP) is 0.815. The SMILES string of the molecule is CCN(CCCNCC1CCC(C)O1)S(C)(=O)=O. The van der Waals surface area contributed by atoms with E-state index in [1.807, 2.05) is 6.92 Å². The number of ether oxygens (including phenoxy) is 1. The Morgan fingerprint density at radius 2 is 2.11 bits per heavy atom. The Balaban J connectivity index is 2.08. The zero-order chi connectivity index (χ0) is 13.6. The van der Waals surface area contributed by atoms with Crippen LogP contribution in [0.2, 0.25) is 0 Å². The topological polar surface area (TPSA) is 58.6 Å². The minimum Gasteiger partial charge on any atom is -0.374 e. The fourth-order valence-corrected chi connectivity index (χ4v) is 3.17. The number of sulfonamides is 1. The second kappa shape index (κ2) is 7.43. The van der Waals surface area contributed by atoms with Gasteiger partial charge in [0.2, 0.25) is 10.0 Å². The summed E-state index contributed by atoms with van der Waals surface area (Å²) in [5.74, 6) is 0. The van der Waals surface area contributed by atoms with E-state index in [-0.39, 0.29) is 0 Å². The molecule has 1 fully saturated rings. The van der Waals surface area contributed by atoms with E-state index in [0.29, 0.717) is 25.3 Å². The van der Waals surface area contributed by atoms with E-state index in [4.69, 9.17) is 4.74 Å². The summed E-state index contributed by atoms with van der Waals surface area (Å²) in [4.78, 5) is 0. The van der Waals surface area contributed by atoms with Crippen LogP contribution in [-0.4, -0.2) is 57.4 Å². The van der Waals surface area contributed by atoms with Gasteiger partial charge in [-0.25, -0.2) is 12.7 Å². The Hall–Kier alpha value is -0.170. The smallest absolute Gasteiger partial charge is 0.211 e. The van der Waals surface area contributed by atoms with Crippen molar-refractivity contribution in [3.63, 3.8) is 0 Å². The fraction of sp³-hybridized carbons (Fsp3) is 1.00.